The van der Waals surface area contributed by atoms with Gasteiger partial charge < -0.3 is 14.7 Å². The number of aromatic nitrogens is 2. The number of aryl methyl sites for hydroxylation is 1. The summed E-state index contributed by atoms with van der Waals surface area (Å²) < 4.78 is 18.5. The Hall–Kier alpha value is -1.76. The second kappa shape index (κ2) is 7.42. The van der Waals surface area contributed by atoms with E-state index in [4.69, 9.17) is 4.74 Å². The van der Waals surface area contributed by atoms with Crippen LogP contribution in [0.1, 0.15) is 12.1 Å². The highest BCUT2D eigenvalue weighted by molar-refractivity contribution is 5.59. The van der Waals surface area contributed by atoms with Crippen molar-refractivity contribution >= 4 is 0 Å². The van der Waals surface area contributed by atoms with Crippen molar-refractivity contribution in [3.05, 3.63) is 41.8 Å². The Kier molecular flexibility index (Phi) is 5.28. The number of ether oxygens (including phenoxy) is 1. The van der Waals surface area contributed by atoms with Crippen LogP contribution in [0.25, 0.3) is 11.3 Å². The second-order valence-corrected chi connectivity index (χ2v) is 6.78. The number of hydrogen-bond donors (Lipinski definition) is 2. The summed E-state index contributed by atoms with van der Waals surface area (Å²) in [6.07, 6.45) is 1.87. The van der Waals surface area contributed by atoms with Gasteiger partial charge in [0.05, 0.1) is 30.9 Å². The van der Waals surface area contributed by atoms with Gasteiger partial charge in [0.25, 0.3) is 0 Å². The van der Waals surface area contributed by atoms with E-state index >= 15 is 0 Å². The molecule has 0 bridgehead atoms. The van der Waals surface area contributed by atoms with E-state index in [1.807, 2.05) is 12.1 Å². The molecule has 1 fully saturated rings. The zero-order valence-corrected chi connectivity index (χ0v) is 14.0. The predicted molar refractivity (Wildman–Crippen MR) is 90.1 cm³/mol. The molecule has 1 aromatic carbocycles. The highest BCUT2D eigenvalue weighted by Crippen LogP contribution is 2.27. The number of aliphatic hydroxyl groups excluding tert-OH is 1. The van der Waals surface area contributed by atoms with Crippen LogP contribution in [-0.2, 0) is 11.2 Å². The van der Waals surface area contributed by atoms with Crippen LogP contribution in [0.4, 0.5) is 4.39 Å². The Labute approximate surface area is 141 Å². The minimum atomic E-state index is -0.253. The van der Waals surface area contributed by atoms with Gasteiger partial charge in [-0.1, -0.05) is 12.1 Å². The first-order valence-electron chi connectivity index (χ1n) is 8.28. The van der Waals surface area contributed by atoms with Crippen molar-refractivity contribution in [3.8, 4) is 11.3 Å². The fourth-order valence-electron chi connectivity index (χ4n) is 3.10. The van der Waals surface area contributed by atoms with Gasteiger partial charge in [0, 0.05) is 17.8 Å². The van der Waals surface area contributed by atoms with E-state index in [1.165, 1.54) is 12.1 Å². The van der Waals surface area contributed by atoms with E-state index in [9.17, 15) is 9.50 Å². The van der Waals surface area contributed by atoms with Crippen LogP contribution >= 0.6 is 0 Å². The summed E-state index contributed by atoms with van der Waals surface area (Å²) in [6.45, 7) is 3.25. The van der Waals surface area contributed by atoms with Gasteiger partial charge in [-0.05, 0) is 44.6 Å². The maximum Gasteiger partial charge on any atom is 0.123 e. The summed E-state index contributed by atoms with van der Waals surface area (Å²) in [7, 11) is 2.07. The maximum atomic E-state index is 13.3. The Morgan fingerprint density at radius 2 is 2.21 bits per heavy atom. The summed E-state index contributed by atoms with van der Waals surface area (Å²) in [5, 5.41) is 16.8. The van der Waals surface area contributed by atoms with Gasteiger partial charge in [-0.2, -0.15) is 5.10 Å². The van der Waals surface area contributed by atoms with E-state index in [0.29, 0.717) is 13.2 Å². The molecule has 0 unspecified atom stereocenters. The zero-order chi connectivity index (χ0) is 17.0. The minimum Gasteiger partial charge on any atom is -0.396 e. The Balaban J connectivity index is 1.47. The number of nitrogens with zero attached hydrogens (tertiary/aromatic N) is 2. The number of H-pyrrole nitrogens is 1. The van der Waals surface area contributed by atoms with Crippen LogP contribution in [0.2, 0.25) is 0 Å². The third kappa shape index (κ3) is 4.01. The van der Waals surface area contributed by atoms with Crippen LogP contribution in [0.15, 0.2) is 30.3 Å². The van der Waals surface area contributed by atoms with Crippen LogP contribution in [0, 0.1) is 11.2 Å². The number of aromatic amines is 1. The molecule has 24 heavy (non-hydrogen) atoms. The smallest absolute Gasteiger partial charge is 0.123 e. The van der Waals surface area contributed by atoms with E-state index in [-0.39, 0.29) is 17.8 Å². The molecule has 2 heterocycles. The van der Waals surface area contributed by atoms with Crippen LogP contribution in [-0.4, -0.2) is 60.2 Å². The average Bonchev–Trinajstić information content (AvgIpc) is 3.00. The SMILES string of the molecule is CN(CCCc1cc(-c2cccc(F)c2)n[nH]1)CC1(CO)COC1. The Morgan fingerprint density at radius 3 is 2.88 bits per heavy atom. The standard InChI is InChI=1S/C18H24FN3O2/c1-22(10-18(11-23)12-24-13-18)7-3-6-16-9-17(21-20-16)14-4-2-5-15(19)8-14/h2,4-5,8-9,23H,3,6-7,10-13H2,1H3,(H,20,21). The molecule has 0 amide bonds. The normalized spacial score (nSPS) is 16.3. The second-order valence-electron chi connectivity index (χ2n) is 6.78. The molecule has 2 aromatic rings. The zero-order valence-electron chi connectivity index (χ0n) is 14.0. The molecular weight excluding hydrogens is 309 g/mol. The predicted octanol–water partition coefficient (Wildman–Crippen LogP) is 2.09. The molecule has 6 heteroatoms. The molecule has 2 N–H and O–H groups in total. The summed E-state index contributed by atoms with van der Waals surface area (Å²) in [5.41, 5.74) is 2.52. The van der Waals surface area contributed by atoms with Gasteiger partial charge in [-0.25, -0.2) is 4.39 Å². The Bertz CT molecular complexity index is 664. The number of hydrogen-bond acceptors (Lipinski definition) is 4. The molecule has 130 valence electrons. The van der Waals surface area contributed by atoms with Crippen molar-refractivity contribution in [2.24, 2.45) is 5.41 Å². The fraction of sp³-hybridized carbons (Fsp3) is 0.500. The van der Waals surface area contributed by atoms with Gasteiger partial charge in [0.2, 0.25) is 0 Å². The molecule has 3 rings (SSSR count). The fourth-order valence-corrected chi connectivity index (χ4v) is 3.10. The number of nitrogens with one attached hydrogen (secondary N) is 1. The van der Waals surface area contributed by atoms with Crippen molar-refractivity contribution < 1.29 is 14.2 Å². The lowest BCUT2D eigenvalue weighted by Crippen LogP contribution is -2.52. The highest BCUT2D eigenvalue weighted by Gasteiger charge is 2.38. The molecule has 1 aromatic heterocycles. The number of rotatable bonds is 8. The molecule has 0 spiro atoms. The van der Waals surface area contributed by atoms with E-state index in [1.54, 1.807) is 6.07 Å². The topological polar surface area (TPSA) is 61.4 Å². The first kappa shape index (κ1) is 17.1. The highest BCUT2D eigenvalue weighted by atomic mass is 19.1. The maximum absolute atomic E-state index is 13.3. The molecular formula is C18H24FN3O2. The molecule has 0 aliphatic carbocycles. The van der Waals surface area contributed by atoms with Gasteiger partial charge in [-0.3, -0.25) is 5.10 Å². The van der Waals surface area contributed by atoms with Crippen molar-refractivity contribution in [1.29, 1.82) is 0 Å². The Morgan fingerprint density at radius 1 is 1.38 bits per heavy atom. The van der Waals surface area contributed by atoms with Gasteiger partial charge in [0.15, 0.2) is 0 Å². The van der Waals surface area contributed by atoms with Crippen molar-refractivity contribution in [3.63, 3.8) is 0 Å². The average molecular weight is 333 g/mol. The molecule has 5 nitrogen and oxygen atoms in total. The van der Waals surface area contributed by atoms with Crippen LogP contribution in [0.5, 0.6) is 0 Å². The van der Waals surface area contributed by atoms with Gasteiger partial charge in [0.1, 0.15) is 5.82 Å². The lowest BCUT2D eigenvalue weighted by atomic mass is 9.86. The monoisotopic (exact) mass is 333 g/mol. The summed E-state index contributed by atoms with van der Waals surface area (Å²) >= 11 is 0. The summed E-state index contributed by atoms with van der Waals surface area (Å²) in [6, 6.07) is 8.44. The van der Waals surface area contributed by atoms with E-state index in [0.717, 1.165) is 42.9 Å². The molecule has 0 saturated carbocycles. The van der Waals surface area contributed by atoms with Gasteiger partial charge >= 0.3 is 0 Å². The summed E-state index contributed by atoms with van der Waals surface area (Å²) in [4.78, 5) is 2.24. The first-order chi connectivity index (χ1) is 11.6. The van der Waals surface area contributed by atoms with E-state index in [2.05, 4.69) is 22.1 Å². The van der Waals surface area contributed by atoms with Crippen LogP contribution in [0.3, 0.4) is 0 Å². The third-order valence-corrected chi connectivity index (χ3v) is 4.49. The molecule has 1 aliphatic heterocycles. The minimum absolute atomic E-state index is 0.0761. The van der Waals surface area contributed by atoms with Crippen molar-refractivity contribution in [2.45, 2.75) is 12.8 Å². The third-order valence-electron chi connectivity index (χ3n) is 4.49. The molecule has 1 aliphatic rings. The van der Waals surface area contributed by atoms with Crippen LogP contribution < -0.4 is 0 Å². The van der Waals surface area contributed by atoms with Gasteiger partial charge in [-0.15, -0.1) is 0 Å². The lowest BCUT2D eigenvalue weighted by Gasteiger charge is -2.42. The summed E-state index contributed by atoms with van der Waals surface area (Å²) in [5.74, 6) is -0.253. The molecule has 0 atom stereocenters. The number of halogens is 1. The lowest BCUT2D eigenvalue weighted by molar-refractivity contribution is -0.146. The number of aliphatic hydroxyl groups is 1. The number of benzene rings is 1. The van der Waals surface area contributed by atoms with Crippen molar-refractivity contribution in [2.75, 3.05) is 40.0 Å². The first-order valence-corrected chi connectivity index (χ1v) is 8.28. The molecule has 0 radical (unpaired) electrons. The van der Waals surface area contributed by atoms with Crippen molar-refractivity contribution in [1.82, 2.24) is 15.1 Å². The quantitative estimate of drug-likeness (QED) is 0.776. The molecule has 1 saturated heterocycles. The largest absolute Gasteiger partial charge is 0.396 e. The van der Waals surface area contributed by atoms with E-state index < -0.39 is 0 Å².